The lowest BCUT2D eigenvalue weighted by Crippen LogP contribution is -2.70. The fraction of sp³-hybridized carbons (Fsp3) is 0.959. The van der Waals surface area contributed by atoms with Gasteiger partial charge in [-0.15, -0.1) is 0 Å². The van der Waals surface area contributed by atoms with Crippen molar-refractivity contribution in [3.8, 4) is 0 Å². The summed E-state index contributed by atoms with van der Waals surface area (Å²) in [6.45, 7) is 17.6. The molecule has 3 aliphatic heterocycles. The van der Waals surface area contributed by atoms with Gasteiger partial charge in [-0.2, -0.15) is 0 Å². The molecule has 0 aromatic heterocycles. The summed E-state index contributed by atoms with van der Waals surface area (Å²) in [5.41, 5.74) is -1.63. The second kappa shape index (κ2) is 18.2. The zero-order valence-electron chi connectivity index (χ0n) is 40.9. The van der Waals surface area contributed by atoms with Crippen molar-refractivity contribution in [3.05, 3.63) is 11.6 Å². The molecular formula is C49H82O18. The van der Waals surface area contributed by atoms with Crippen LogP contribution >= 0.6 is 0 Å². The average Bonchev–Trinajstić information content (AvgIpc) is 3.26. The van der Waals surface area contributed by atoms with Crippen molar-refractivity contribution >= 4 is 0 Å². The van der Waals surface area contributed by atoms with E-state index in [1.54, 1.807) is 14.0 Å². The van der Waals surface area contributed by atoms with Gasteiger partial charge < -0.3 is 89.3 Å². The highest BCUT2D eigenvalue weighted by atomic mass is 16.8. The minimum absolute atomic E-state index is 0.0217. The van der Waals surface area contributed by atoms with Gasteiger partial charge in [0.15, 0.2) is 18.9 Å². The van der Waals surface area contributed by atoms with Gasteiger partial charge in [-0.05, 0) is 97.7 Å². The molecule has 0 aromatic carbocycles. The lowest BCUT2D eigenvalue weighted by molar-refractivity contribution is -0.396. The Morgan fingerprint density at radius 2 is 1.21 bits per heavy atom. The Balaban J connectivity index is 1.07. The highest BCUT2D eigenvalue weighted by Crippen LogP contribution is 2.76. The summed E-state index contributed by atoms with van der Waals surface area (Å²) >= 11 is 0. The van der Waals surface area contributed by atoms with Crippen molar-refractivity contribution in [3.63, 3.8) is 0 Å². The van der Waals surface area contributed by atoms with E-state index in [0.29, 0.717) is 25.7 Å². The first-order valence-electron chi connectivity index (χ1n) is 24.7. The number of aliphatic hydroxyl groups is 11. The first kappa shape index (κ1) is 52.3. The van der Waals surface area contributed by atoms with Crippen LogP contribution in [0.3, 0.4) is 0 Å². The van der Waals surface area contributed by atoms with Crippen LogP contribution < -0.4 is 0 Å². The summed E-state index contributed by atoms with van der Waals surface area (Å²) in [5, 5.41) is 121. The molecule has 26 atom stereocenters. The molecule has 0 radical (unpaired) electrons. The van der Waals surface area contributed by atoms with Gasteiger partial charge in [-0.1, -0.05) is 60.1 Å². The summed E-state index contributed by atoms with van der Waals surface area (Å²) < 4.78 is 43.7. The Kier molecular flexibility index (Phi) is 14.2. The van der Waals surface area contributed by atoms with Crippen LogP contribution in [0.5, 0.6) is 0 Å². The van der Waals surface area contributed by atoms with Gasteiger partial charge >= 0.3 is 0 Å². The van der Waals surface area contributed by atoms with Crippen LogP contribution in [0.25, 0.3) is 0 Å². The lowest BCUT2D eigenvalue weighted by atomic mass is 9.32. The largest absolute Gasteiger partial charge is 0.396 e. The molecule has 8 rings (SSSR count). The third-order valence-electron chi connectivity index (χ3n) is 19.8. The molecule has 0 bridgehead atoms. The summed E-state index contributed by atoms with van der Waals surface area (Å²) in [6, 6.07) is 0. The van der Waals surface area contributed by atoms with Crippen molar-refractivity contribution < 1.29 is 89.3 Å². The second-order valence-electron chi connectivity index (χ2n) is 24.0. The molecule has 8 aliphatic rings. The number of hydrogen-bond donors (Lipinski definition) is 11. The van der Waals surface area contributed by atoms with Crippen LogP contribution in [0.2, 0.25) is 0 Å². The predicted molar refractivity (Wildman–Crippen MR) is 236 cm³/mol. The van der Waals surface area contributed by atoms with E-state index < -0.39 is 139 Å². The monoisotopic (exact) mass is 959 g/mol. The third kappa shape index (κ3) is 7.97. The quantitative estimate of drug-likeness (QED) is 0.109. The van der Waals surface area contributed by atoms with Crippen LogP contribution in [-0.2, 0) is 33.2 Å². The van der Waals surface area contributed by atoms with Crippen molar-refractivity contribution in [2.75, 3.05) is 20.3 Å². The van der Waals surface area contributed by atoms with Gasteiger partial charge in [0.1, 0.15) is 61.0 Å². The molecule has 0 spiro atoms. The second-order valence-corrected chi connectivity index (χ2v) is 24.0. The number of ether oxygens (including phenoxy) is 7. The maximum absolute atomic E-state index is 12.2. The van der Waals surface area contributed by atoms with Crippen LogP contribution in [0.4, 0.5) is 0 Å². The molecule has 3 heterocycles. The molecule has 0 amide bonds. The molecule has 0 aromatic rings. The smallest absolute Gasteiger partial charge is 0.187 e. The van der Waals surface area contributed by atoms with E-state index >= 15 is 0 Å². The van der Waals surface area contributed by atoms with E-state index in [-0.39, 0.29) is 41.3 Å². The summed E-state index contributed by atoms with van der Waals surface area (Å²) in [7, 11) is 1.76. The Morgan fingerprint density at radius 3 is 1.82 bits per heavy atom. The molecule has 67 heavy (non-hydrogen) atoms. The average molecular weight is 959 g/mol. The number of fused-ring (bicyclic) bond motifs is 7. The third-order valence-corrected chi connectivity index (χ3v) is 19.8. The van der Waals surface area contributed by atoms with Gasteiger partial charge in [-0.25, -0.2) is 0 Å². The van der Waals surface area contributed by atoms with Crippen LogP contribution in [0, 0.1) is 50.2 Å². The number of aliphatic hydroxyl groups excluding tert-OH is 11. The molecule has 386 valence electrons. The minimum Gasteiger partial charge on any atom is -0.396 e. The van der Waals surface area contributed by atoms with Crippen LogP contribution in [0.15, 0.2) is 11.6 Å². The highest BCUT2D eigenvalue weighted by Gasteiger charge is 2.72. The van der Waals surface area contributed by atoms with E-state index in [1.165, 1.54) is 12.5 Å². The molecular weight excluding hydrogens is 877 g/mol. The minimum atomic E-state index is -1.82. The zero-order chi connectivity index (χ0) is 49.3. The Labute approximate surface area is 394 Å². The number of methoxy groups -OCH3 is 1. The fourth-order valence-corrected chi connectivity index (χ4v) is 15.4. The van der Waals surface area contributed by atoms with Gasteiger partial charge in [0, 0.05) is 18.4 Å². The van der Waals surface area contributed by atoms with E-state index in [9.17, 15) is 56.2 Å². The molecule has 0 unspecified atom stereocenters. The SMILES string of the molecule is CO[C@H]1C=C2[C@@H]3CC(C)(C)[C@H](O)C[C@]3(CO)[C@H](O)C[C@@]2(C)[C@]2(C)CC[C@H]3C(C)(C)[C@@H](O[C@@H]4O[C@H](C)[C@H](O)[C@H](O)[C@H]4O[C@@H]4O[C@H](CO)[C@@H](O)[C@H](O)[C@H]4O[C@@H]4O[C@@H](C)[C@@H](O)[C@H](O)[C@H]4O)CC[C@]3(C)[C@@H]12. The standard InChI is InChI=1S/C49H82O18/c1-21-31(54)34(57)37(60)41(62-21)66-39-36(59)33(56)26(19-50)64-43(39)67-38-35(58)32(55)22(2)63-42(38)65-30-12-13-46(7)27(45(30,5)6)11-14-47(8)40(46)25(61-10)15-23-24-16-44(3,4)28(52)18-49(24,20-51)29(53)17-48(23,47)9/h15,21-22,24-43,50-60H,11-14,16-20H2,1-10H3/t21-,22+,24-,25-,26+,27-,28+,29+,30-,31+,32-,33+,34-,35-,36-,37+,38+,39+,40+,41-,42-,43-,46-,47+,48+,49+/m0/s1. The van der Waals surface area contributed by atoms with Crippen molar-refractivity contribution in [1.82, 2.24) is 0 Å². The summed E-state index contributed by atoms with van der Waals surface area (Å²) in [5.74, 6) is -0.0414. The zero-order valence-corrected chi connectivity index (χ0v) is 40.9. The number of hydrogen-bond acceptors (Lipinski definition) is 18. The molecule has 7 fully saturated rings. The molecule has 18 nitrogen and oxygen atoms in total. The Bertz CT molecular complexity index is 1800. The Morgan fingerprint density at radius 1 is 0.627 bits per heavy atom. The van der Waals surface area contributed by atoms with E-state index in [0.717, 1.165) is 19.3 Å². The lowest BCUT2D eigenvalue weighted by Gasteiger charge is -2.73. The van der Waals surface area contributed by atoms with Crippen LogP contribution in [0.1, 0.15) is 107 Å². The van der Waals surface area contributed by atoms with Gasteiger partial charge in [0.2, 0.25) is 0 Å². The Hall–Kier alpha value is -0.980. The van der Waals surface area contributed by atoms with E-state index in [2.05, 4.69) is 54.5 Å². The maximum Gasteiger partial charge on any atom is 0.187 e. The first-order valence-corrected chi connectivity index (χ1v) is 24.7. The van der Waals surface area contributed by atoms with Gasteiger partial charge in [0.25, 0.3) is 0 Å². The summed E-state index contributed by atoms with van der Waals surface area (Å²) in [6.07, 6.45) is -18.2. The van der Waals surface area contributed by atoms with E-state index in [1.807, 2.05) is 0 Å². The molecule has 11 N–H and O–H groups in total. The van der Waals surface area contributed by atoms with Crippen molar-refractivity contribution in [2.24, 2.45) is 50.2 Å². The van der Waals surface area contributed by atoms with Gasteiger partial charge in [0.05, 0.1) is 49.8 Å². The van der Waals surface area contributed by atoms with Crippen LogP contribution in [-0.4, -0.2) is 193 Å². The molecule has 18 heteroatoms. The van der Waals surface area contributed by atoms with Gasteiger partial charge in [-0.3, -0.25) is 0 Å². The maximum atomic E-state index is 12.2. The van der Waals surface area contributed by atoms with Crippen molar-refractivity contribution in [1.29, 1.82) is 0 Å². The van der Waals surface area contributed by atoms with E-state index in [4.69, 9.17) is 33.2 Å². The normalized spacial score (nSPS) is 56.2. The number of rotatable bonds is 9. The summed E-state index contributed by atoms with van der Waals surface area (Å²) in [4.78, 5) is 0. The topological polar surface area (TPSA) is 287 Å². The number of allylic oxidation sites excluding steroid dienone is 1. The molecule has 3 saturated heterocycles. The van der Waals surface area contributed by atoms with Crippen molar-refractivity contribution in [2.45, 2.75) is 224 Å². The fourth-order valence-electron chi connectivity index (χ4n) is 15.4. The molecule has 5 aliphatic carbocycles. The molecule has 4 saturated carbocycles. The highest BCUT2D eigenvalue weighted by molar-refractivity contribution is 5.37. The first-order chi connectivity index (χ1) is 31.2. The predicted octanol–water partition coefficient (Wildman–Crippen LogP) is 0.236.